The number of hydrogen-bond donors (Lipinski definition) is 0. The van der Waals surface area contributed by atoms with Gasteiger partial charge < -0.3 is 0 Å². The van der Waals surface area contributed by atoms with E-state index in [1.165, 1.54) is 38.2 Å². The maximum atomic E-state index is 5.95. The van der Waals surface area contributed by atoms with Crippen LogP contribution in [-0.4, -0.2) is 4.86 Å². The van der Waals surface area contributed by atoms with Crippen LogP contribution in [0.3, 0.4) is 0 Å². The molecule has 0 saturated carbocycles. The van der Waals surface area contributed by atoms with Crippen LogP contribution in [-0.2, 0) is 12.8 Å². The molecule has 3 rings (SSSR count). The van der Waals surface area contributed by atoms with E-state index in [0.29, 0.717) is 5.92 Å². The second-order valence-corrected chi connectivity index (χ2v) is 8.42. The first kappa shape index (κ1) is 20.5. The van der Waals surface area contributed by atoms with E-state index in [0.717, 1.165) is 25.7 Å². The quantitative estimate of drug-likeness (QED) is 0.365. The highest BCUT2D eigenvalue weighted by Gasteiger charge is 2.17. The summed E-state index contributed by atoms with van der Waals surface area (Å²) in [6.07, 6.45) is 4.17. The Labute approximate surface area is 175 Å². The molecule has 0 nitrogen and oxygen atoms in total. The molecule has 0 fully saturated rings. The second-order valence-electron chi connectivity index (χ2n) is 7.89. The van der Waals surface area contributed by atoms with Crippen molar-refractivity contribution in [2.75, 3.05) is 0 Å². The maximum absolute atomic E-state index is 5.95. The topological polar surface area (TPSA) is 0 Å². The zero-order valence-electron chi connectivity index (χ0n) is 17.2. The third kappa shape index (κ3) is 5.62. The van der Waals surface area contributed by atoms with Crippen molar-refractivity contribution in [1.29, 1.82) is 0 Å². The Morgan fingerprint density at radius 3 is 2.18 bits per heavy atom. The van der Waals surface area contributed by atoms with Crippen molar-refractivity contribution >= 4 is 17.1 Å². The Morgan fingerprint density at radius 1 is 0.786 bits per heavy atom. The van der Waals surface area contributed by atoms with Crippen molar-refractivity contribution in [3.05, 3.63) is 106 Å². The molecule has 0 aliphatic heterocycles. The summed E-state index contributed by atoms with van der Waals surface area (Å²) in [6.45, 7) is 6.50. The third-order valence-electron chi connectivity index (χ3n) is 5.61. The van der Waals surface area contributed by atoms with E-state index >= 15 is 0 Å². The van der Waals surface area contributed by atoms with E-state index in [9.17, 15) is 0 Å². The Balaban J connectivity index is 1.68. The van der Waals surface area contributed by atoms with E-state index in [2.05, 4.69) is 93.6 Å². The fraction of sp³-hybridized carbons (Fsp3) is 0.296. The van der Waals surface area contributed by atoms with Gasteiger partial charge in [-0.2, -0.15) is 0 Å². The summed E-state index contributed by atoms with van der Waals surface area (Å²) in [5.41, 5.74) is 8.14. The summed E-state index contributed by atoms with van der Waals surface area (Å²) < 4.78 is 0. The van der Waals surface area contributed by atoms with E-state index in [-0.39, 0.29) is 0 Å². The Bertz CT molecular complexity index is 907. The van der Waals surface area contributed by atoms with Crippen LogP contribution in [0.5, 0.6) is 0 Å². The van der Waals surface area contributed by atoms with Gasteiger partial charge in [-0.1, -0.05) is 90.6 Å². The molecule has 0 radical (unpaired) electrons. The number of benzene rings is 3. The van der Waals surface area contributed by atoms with Crippen molar-refractivity contribution in [2.24, 2.45) is 0 Å². The molecule has 0 aromatic heterocycles. The predicted molar refractivity (Wildman–Crippen MR) is 126 cm³/mol. The van der Waals surface area contributed by atoms with Gasteiger partial charge in [-0.15, -0.1) is 0 Å². The maximum Gasteiger partial charge on any atom is 0.0193 e. The van der Waals surface area contributed by atoms with Gasteiger partial charge in [0.2, 0.25) is 0 Å². The first-order chi connectivity index (χ1) is 13.5. The lowest BCUT2D eigenvalue weighted by atomic mass is 9.86. The highest BCUT2D eigenvalue weighted by Crippen LogP contribution is 2.26. The summed E-state index contributed by atoms with van der Waals surface area (Å²) in [7, 11) is 0. The molecule has 1 heteroatoms. The first-order valence-electron chi connectivity index (χ1n) is 10.2. The average molecular weight is 387 g/mol. The SMILES string of the molecule is Cc1ccc(C(Cc2ccccc2)C(=S)CCCc2ccc(C)c(C)c2)cc1. The Kier molecular flexibility index (Phi) is 7.17. The van der Waals surface area contributed by atoms with E-state index < -0.39 is 0 Å². The average Bonchev–Trinajstić information content (AvgIpc) is 2.70. The van der Waals surface area contributed by atoms with Crippen LogP contribution in [0.25, 0.3) is 0 Å². The third-order valence-corrected chi connectivity index (χ3v) is 6.10. The van der Waals surface area contributed by atoms with Gasteiger partial charge in [0.15, 0.2) is 0 Å². The molecule has 0 aliphatic rings. The predicted octanol–water partition coefficient (Wildman–Crippen LogP) is 7.33. The highest BCUT2D eigenvalue weighted by molar-refractivity contribution is 7.80. The molecular weight excluding hydrogens is 356 g/mol. The van der Waals surface area contributed by atoms with Crippen LogP contribution in [0.4, 0.5) is 0 Å². The lowest BCUT2D eigenvalue weighted by molar-refractivity contribution is 0.813. The van der Waals surface area contributed by atoms with E-state index in [4.69, 9.17) is 12.2 Å². The van der Waals surface area contributed by atoms with Crippen LogP contribution in [0.1, 0.15) is 52.1 Å². The summed E-state index contributed by atoms with van der Waals surface area (Å²) in [5.74, 6) is 0.303. The lowest BCUT2D eigenvalue weighted by Gasteiger charge is -2.19. The molecule has 1 unspecified atom stereocenters. The van der Waals surface area contributed by atoms with Crippen molar-refractivity contribution in [3.63, 3.8) is 0 Å². The van der Waals surface area contributed by atoms with Crippen molar-refractivity contribution in [2.45, 2.75) is 52.4 Å². The minimum atomic E-state index is 0.303. The molecule has 28 heavy (non-hydrogen) atoms. The smallest absolute Gasteiger partial charge is 0.0193 e. The largest absolute Gasteiger partial charge is 0.0890 e. The normalized spacial score (nSPS) is 12.0. The number of aryl methyl sites for hydroxylation is 4. The van der Waals surface area contributed by atoms with Crippen molar-refractivity contribution in [3.8, 4) is 0 Å². The van der Waals surface area contributed by atoms with Gasteiger partial charge in [0.25, 0.3) is 0 Å². The zero-order valence-corrected chi connectivity index (χ0v) is 18.1. The molecule has 0 aliphatic carbocycles. The molecule has 0 heterocycles. The zero-order chi connectivity index (χ0) is 19.9. The fourth-order valence-corrected chi connectivity index (χ4v) is 4.03. The molecular formula is C27H30S. The number of hydrogen-bond acceptors (Lipinski definition) is 1. The molecule has 0 N–H and O–H groups in total. The van der Waals surface area contributed by atoms with Gasteiger partial charge in [0, 0.05) is 10.8 Å². The summed E-state index contributed by atoms with van der Waals surface area (Å²) >= 11 is 5.95. The van der Waals surface area contributed by atoms with Gasteiger partial charge in [-0.25, -0.2) is 0 Å². The lowest BCUT2D eigenvalue weighted by Crippen LogP contribution is -2.14. The summed E-state index contributed by atoms with van der Waals surface area (Å²) in [6, 6.07) is 26.4. The molecule has 0 bridgehead atoms. The van der Waals surface area contributed by atoms with Crippen LogP contribution in [0, 0.1) is 20.8 Å². The van der Waals surface area contributed by atoms with Gasteiger partial charge in [-0.05, 0) is 74.3 Å². The van der Waals surface area contributed by atoms with Crippen molar-refractivity contribution in [1.82, 2.24) is 0 Å². The first-order valence-corrected chi connectivity index (χ1v) is 10.6. The minimum Gasteiger partial charge on any atom is -0.0890 e. The Morgan fingerprint density at radius 2 is 1.50 bits per heavy atom. The molecule has 1 atom stereocenters. The molecule has 3 aromatic carbocycles. The summed E-state index contributed by atoms with van der Waals surface area (Å²) in [4.78, 5) is 1.18. The van der Waals surface area contributed by atoms with Crippen LogP contribution in [0.15, 0.2) is 72.8 Å². The van der Waals surface area contributed by atoms with Gasteiger partial charge >= 0.3 is 0 Å². The van der Waals surface area contributed by atoms with Crippen LogP contribution in [0.2, 0.25) is 0 Å². The van der Waals surface area contributed by atoms with Crippen molar-refractivity contribution < 1.29 is 0 Å². The summed E-state index contributed by atoms with van der Waals surface area (Å²) in [5, 5.41) is 0. The monoisotopic (exact) mass is 386 g/mol. The molecule has 0 spiro atoms. The van der Waals surface area contributed by atoms with E-state index in [1.54, 1.807) is 0 Å². The minimum absolute atomic E-state index is 0.303. The van der Waals surface area contributed by atoms with E-state index in [1.807, 2.05) is 0 Å². The Hall–Kier alpha value is -2.25. The van der Waals surface area contributed by atoms with Gasteiger partial charge in [0.05, 0.1) is 0 Å². The standard InChI is InChI=1S/C27H30S/c1-20-12-16-25(17-13-20)26(19-23-8-5-4-6-9-23)27(28)11-7-10-24-15-14-21(2)22(3)18-24/h4-6,8-9,12-18,26H,7,10-11,19H2,1-3H3. The molecule has 3 aromatic rings. The van der Waals surface area contributed by atoms with Crippen LogP contribution >= 0.6 is 12.2 Å². The number of rotatable bonds is 8. The second kappa shape index (κ2) is 9.80. The van der Waals surface area contributed by atoms with Gasteiger partial charge in [-0.3, -0.25) is 0 Å². The number of thiocarbonyl (C=S) groups is 1. The molecule has 0 amide bonds. The molecule has 0 saturated heterocycles. The van der Waals surface area contributed by atoms with Gasteiger partial charge in [0.1, 0.15) is 0 Å². The fourth-order valence-electron chi connectivity index (χ4n) is 3.67. The highest BCUT2D eigenvalue weighted by atomic mass is 32.1. The molecule has 144 valence electrons. The van der Waals surface area contributed by atoms with Crippen LogP contribution < -0.4 is 0 Å².